The van der Waals surface area contributed by atoms with E-state index in [1.54, 1.807) is 0 Å². The van der Waals surface area contributed by atoms with Crippen molar-refractivity contribution in [2.45, 2.75) is 44.2 Å². The van der Waals surface area contributed by atoms with Gasteiger partial charge < -0.3 is 19.7 Å². The molecule has 2 aliphatic heterocycles. The normalized spacial score (nSPS) is 25.8. The molecule has 2 atom stereocenters. The Hall–Kier alpha value is -0.360. The zero-order valence-corrected chi connectivity index (χ0v) is 13.1. The van der Waals surface area contributed by atoms with Crippen LogP contribution in [0, 0.1) is 0 Å². The van der Waals surface area contributed by atoms with Gasteiger partial charge >= 0.3 is 0 Å². The largest absolute Gasteiger partial charge is 0.378 e. The number of ether oxygens (including phenoxy) is 2. The molecule has 0 saturated carbocycles. The fraction of sp³-hybridized carbons (Fsp3) is 0.929. The Morgan fingerprint density at radius 3 is 2.95 bits per heavy atom. The van der Waals surface area contributed by atoms with Crippen molar-refractivity contribution in [3.8, 4) is 0 Å². The smallest absolute Gasteiger partial charge is 0.225 e. The van der Waals surface area contributed by atoms with E-state index in [0.717, 1.165) is 45.4 Å². The average molecular weight is 307 g/mol. The minimum Gasteiger partial charge on any atom is -0.378 e. The van der Waals surface area contributed by atoms with Crippen LogP contribution in [0.2, 0.25) is 0 Å². The molecule has 0 aliphatic carbocycles. The maximum atomic E-state index is 12.1. The highest BCUT2D eigenvalue weighted by Gasteiger charge is 2.27. The topological polar surface area (TPSA) is 50.8 Å². The summed E-state index contributed by atoms with van der Waals surface area (Å²) in [4.78, 5) is 14.1. The summed E-state index contributed by atoms with van der Waals surface area (Å²) < 4.78 is 11.0. The number of nitrogens with one attached hydrogen (secondary N) is 1. The summed E-state index contributed by atoms with van der Waals surface area (Å²) in [6.07, 6.45) is 5.20. The lowest BCUT2D eigenvalue weighted by molar-refractivity contribution is -0.133. The van der Waals surface area contributed by atoms with E-state index < -0.39 is 0 Å². The zero-order chi connectivity index (χ0) is 13.5. The number of carbonyl (C=O) groups is 1. The first-order chi connectivity index (χ1) is 9.31. The molecule has 0 aromatic rings. The molecule has 0 aromatic heterocycles. The molecule has 2 saturated heterocycles. The first-order valence-electron chi connectivity index (χ1n) is 7.44. The van der Waals surface area contributed by atoms with Gasteiger partial charge in [-0.25, -0.2) is 0 Å². The quantitative estimate of drug-likeness (QED) is 0.718. The molecule has 0 spiro atoms. The number of hydrogen-bond acceptors (Lipinski definition) is 4. The predicted molar refractivity (Wildman–Crippen MR) is 80.3 cm³/mol. The van der Waals surface area contributed by atoms with Crippen molar-refractivity contribution in [1.29, 1.82) is 0 Å². The number of halogens is 1. The molecule has 1 amide bonds. The van der Waals surface area contributed by atoms with E-state index in [-0.39, 0.29) is 24.4 Å². The number of nitrogens with zero attached hydrogens (tertiary/aromatic N) is 1. The molecule has 2 rings (SSSR count). The Labute approximate surface area is 127 Å². The number of amides is 1. The Morgan fingerprint density at radius 1 is 1.40 bits per heavy atom. The highest BCUT2D eigenvalue weighted by molar-refractivity contribution is 5.85. The lowest BCUT2D eigenvalue weighted by Gasteiger charge is -2.24. The van der Waals surface area contributed by atoms with Gasteiger partial charge in [0, 0.05) is 25.7 Å². The summed E-state index contributed by atoms with van der Waals surface area (Å²) in [5, 5.41) is 3.16. The lowest BCUT2D eigenvalue weighted by Crippen LogP contribution is -2.41. The molecule has 5 nitrogen and oxygen atoms in total. The number of hydrogen-bond donors (Lipinski definition) is 1. The maximum Gasteiger partial charge on any atom is 0.225 e. The summed E-state index contributed by atoms with van der Waals surface area (Å²) >= 11 is 0. The van der Waals surface area contributed by atoms with Gasteiger partial charge in [0.25, 0.3) is 0 Å². The molecule has 0 bridgehead atoms. The summed E-state index contributed by atoms with van der Waals surface area (Å²) in [7, 11) is 1.94. The third-order valence-corrected chi connectivity index (χ3v) is 3.93. The second kappa shape index (κ2) is 9.55. The minimum absolute atomic E-state index is 0. The van der Waals surface area contributed by atoms with Crippen molar-refractivity contribution in [2.24, 2.45) is 0 Å². The van der Waals surface area contributed by atoms with E-state index in [0.29, 0.717) is 25.7 Å². The fourth-order valence-electron chi connectivity index (χ4n) is 2.91. The van der Waals surface area contributed by atoms with Gasteiger partial charge in [-0.05, 0) is 32.7 Å². The Bertz CT molecular complexity index is 286. The van der Waals surface area contributed by atoms with Crippen LogP contribution >= 0.6 is 12.4 Å². The molecule has 2 fully saturated rings. The molecule has 1 N–H and O–H groups in total. The van der Waals surface area contributed by atoms with Crippen molar-refractivity contribution in [1.82, 2.24) is 10.2 Å². The van der Waals surface area contributed by atoms with Crippen molar-refractivity contribution in [3.63, 3.8) is 0 Å². The van der Waals surface area contributed by atoms with Gasteiger partial charge in [0.15, 0.2) is 0 Å². The molecule has 2 aliphatic rings. The van der Waals surface area contributed by atoms with Gasteiger partial charge in [0.2, 0.25) is 5.91 Å². The summed E-state index contributed by atoms with van der Waals surface area (Å²) in [6, 6.07) is 0.371. The number of likely N-dealkylation sites (tertiary alicyclic amines) is 1. The molecule has 118 valence electrons. The van der Waals surface area contributed by atoms with Crippen LogP contribution in [0.4, 0.5) is 0 Å². The van der Waals surface area contributed by atoms with Gasteiger partial charge in [-0.15, -0.1) is 12.4 Å². The molecular formula is C14H27ClN2O3. The van der Waals surface area contributed by atoms with Gasteiger partial charge in [-0.2, -0.15) is 0 Å². The third-order valence-electron chi connectivity index (χ3n) is 3.93. The fourth-order valence-corrected chi connectivity index (χ4v) is 2.91. The maximum absolute atomic E-state index is 12.1. The van der Waals surface area contributed by atoms with Crippen LogP contribution < -0.4 is 5.32 Å². The molecule has 0 radical (unpaired) electrons. The number of likely N-dealkylation sites (N-methyl/N-ethyl adjacent to an activating group) is 1. The van der Waals surface area contributed by atoms with Crippen molar-refractivity contribution in [3.05, 3.63) is 0 Å². The standard InChI is InChI=1S/C14H26N2O3.ClH/c1-15-10-12-4-2-7-16(12)14(17)6-9-18-11-13-5-3-8-19-13;/h12-13,15H,2-11H2,1H3;1H. The molecule has 2 unspecified atom stereocenters. The second-order valence-electron chi connectivity index (χ2n) is 5.40. The van der Waals surface area contributed by atoms with Crippen LogP contribution in [-0.2, 0) is 14.3 Å². The molecule has 2 heterocycles. The Kier molecular flexibility index (Phi) is 8.45. The average Bonchev–Trinajstić information content (AvgIpc) is 3.05. The van der Waals surface area contributed by atoms with Crippen molar-refractivity contribution in [2.75, 3.05) is 40.0 Å². The van der Waals surface area contributed by atoms with E-state index in [1.807, 2.05) is 11.9 Å². The Morgan fingerprint density at radius 2 is 2.25 bits per heavy atom. The number of rotatable bonds is 7. The van der Waals surface area contributed by atoms with Crippen LogP contribution in [0.25, 0.3) is 0 Å². The van der Waals surface area contributed by atoms with E-state index in [4.69, 9.17) is 9.47 Å². The van der Waals surface area contributed by atoms with Crippen LogP contribution in [0.15, 0.2) is 0 Å². The summed E-state index contributed by atoms with van der Waals surface area (Å²) in [5.41, 5.74) is 0. The van der Waals surface area contributed by atoms with Crippen LogP contribution in [-0.4, -0.2) is 62.9 Å². The first kappa shape index (κ1) is 17.7. The Balaban J connectivity index is 0.00000200. The first-order valence-corrected chi connectivity index (χ1v) is 7.44. The third kappa shape index (κ3) is 5.20. The van der Waals surface area contributed by atoms with Crippen LogP contribution in [0.5, 0.6) is 0 Å². The zero-order valence-electron chi connectivity index (χ0n) is 12.3. The van der Waals surface area contributed by atoms with Gasteiger partial charge in [-0.3, -0.25) is 4.79 Å². The molecule has 20 heavy (non-hydrogen) atoms. The van der Waals surface area contributed by atoms with Crippen LogP contribution in [0.3, 0.4) is 0 Å². The summed E-state index contributed by atoms with van der Waals surface area (Å²) in [6.45, 7) is 3.79. The highest BCUT2D eigenvalue weighted by Crippen LogP contribution is 2.17. The van der Waals surface area contributed by atoms with Crippen molar-refractivity contribution >= 4 is 18.3 Å². The van der Waals surface area contributed by atoms with Gasteiger partial charge in [0.05, 0.1) is 25.7 Å². The van der Waals surface area contributed by atoms with Crippen molar-refractivity contribution < 1.29 is 14.3 Å². The summed E-state index contributed by atoms with van der Waals surface area (Å²) in [5.74, 6) is 0.227. The van der Waals surface area contributed by atoms with E-state index in [9.17, 15) is 4.79 Å². The monoisotopic (exact) mass is 306 g/mol. The SMILES string of the molecule is CNCC1CCCN1C(=O)CCOCC1CCCO1.Cl. The van der Waals surface area contributed by atoms with E-state index >= 15 is 0 Å². The van der Waals surface area contributed by atoms with Gasteiger partial charge in [-0.1, -0.05) is 0 Å². The van der Waals surface area contributed by atoms with E-state index in [2.05, 4.69) is 5.32 Å². The number of carbonyl (C=O) groups excluding carboxylic acids is 1. The molecular weight excluding hydrogens is 280 g/mol. The molecule has 0 aromatic carbocycles. The minimum atomic E-state index is 0. The molecule has 6 heteroatoms. The van der Waals surface area contributed by atoms with E-state index in [1.165, 1.54) is 0 Å². The highest BCUT2D eigenvalue weighted by atomic mass is 35.5. The lowest BCUT2D eigenvalue weighted by atomic mass is 10.2. The predicted octanol–water partition coefficient (Wildman–Crippen LogP) is 1.20. The van der Waals surface area contributed by atoms with Crippen LogP contribution in [0.1, 0.15) is 32.1 Å². The second-order valence-corrected chi connectivity index (χ2v) is 5.40. The van der Waals surface area contributed by atoms with Gasteiger partial charge in [0.1, 0.15) is 0 Å².